The van der Waals surface area contributed by atoms with Gasteiger partial charge in [-0.05, 0) is 25.8 Å². The van der Waals surface area contributed by atoms with E-state index in [0.29, 0.717) is 29.2 Å². The third-order valence-corrected chi connectivity index (χ3v) is 4.85. The van der Waals surface area contributed by atoms with E-state index in [9.17, 15) is 18.0 Å². The zero-order valence-electron chi connectivity index (χ0n) is 12.3. The van der Waals surface area contributed by atoms with Crippen LogP contribution in [0.1, 0.15) is 37.1 Å². The van der Waals surface area contributed by atoms with Crippen molar-refractivity contribution in [2.45, 2.75) is 44.3 Å². The third-order valence-electron chi connectivity index (χ3n) is 3.99. The van der Waals surface area contributed by atoms with Gasteiger partial charge in [0.2, 0.25) is 0 Å². The Balaban J connectivity index is 1.90. The van der Waals surface area contributed by atoms with Gasteiger partial charge in [0.25, 0.3) is 0 Å². The highest BCUT2D eigenvalue weighted by Crippen LogP contribution is 2.40. The molecule has 3 rings (SSSR count). The lowest BCUT2D eigenvalue weighted by molar-refractivity contribution is -0.176. The van der Waals surface area contributed by atoms with Crippen LogP contribution in [-0.4, -0.2) is 27.3 Å². The molecule has 0 aliphatic heterocycles. The Bertz CT molecular complexity index is 716. The fourth-order valence-electron chi connectivity index (χ4n) is 2.85. The fraction of sp³-hybridized carbons (Fsp3) is 0.500. The normalized spacial score (nSPS) is 17.4. The third kappa shape index (κ3) is 3.10. The number of halogens is 3. The van der Waals surface area contributed by atoms with Crippen molar-refractivity contribution < 1.29 is 18.0 Å². The van der Waals surface area contributed by atoms with E-state index >= 15 is 0 Å². The minimum Gasteiger partial charge on any atom is -0.337 e. The molecule has 5 nitrogen and oxygen atoms in total. The summed E-state index contributed by atoms with van der Waals surface area (Å²) < 4.78 is 37.9. The van der Waals surface area contributed by atoms with Crippen molar-refractivity contribution in [3.05, 3.63) is 22.8 Å². The summed E-state index contributed by atoms with van der Waals surface area (Å²) in [6, 6.07) is 1.82. The Morgan fingerprint density at radius 1 is 1.39 bits per heavy atom. The number of carbonyl (C=O) groups excluding carboxylic acids is 1. The van der Waals surface area contributed by atoms with Crippen LogP contribution in [0.2, 0.25) is 0 Å². The second kappa shape index (κ2) is 5.63. The summed E-state index contributed by atoms with van der Waals surface area (Å²) in [5, 5.41) is 11.4. The van der Waals surface area contributed by atoms with Gasteiger partial charge < -0.3 is 5.32 Å². The number of rotatable bonds is 3. The Morgan fingerprint density at radius 2 is 2.09 bits per heavy atom. The summed E-state index contributed by atoms with van der Waals surface area (Å²) in [6.45, 7) is 1.85. The van der Waals surface area contributed by atoms with E-state index in [-0.39, 0.29) is 0 Å². The molecule has 9 heteroatoms. The van der Waals surface area contributed by atoms with Crippen molar-refractivity contribution in [1.29, 1.82) is 0 Å². The summed E-state index contributed by atoms with van der Waals surface area (Å²) in [5.74, 6) is -1.91. The number of nitrogens with one attached hydrogen (secondary N) is 2. The second-order valence-corrected chi connectivity index (χ2v) is 6.57. The highest BCUT2D eigenvalue weighted by atomic mass is 32.1. The average molecular weight is 344 g/mol. The maximum atomic E-state index is 12.6. The van der Waals surface area contributed by atoms with Crippen molar-refractivity contribution in [2.75, 3.05) is 0 Å². The van der Waals surface area contributed by atoms with Gasteiger partial charge in [0, 0.05) is 11.1 Å². The van der Waals surface area contributed by atoms with Gasteiger partial charge in [-0.15, -0.1) is 11.3 Å². The molecule has 0 bridgehead atoms. The molecule has 1 amide bonds. The van der Waals surface area contributed by atoms with Gasteiger partial charge in [-0.1, -0.05) is 12.8 Å². The zero-order chi connectivity index (χ0) is 16.7. The molecule has 2 N–H and O–H groups in total. The number of hydrogen-bond donors (Lipinski definition) is 2. The van der Waals surface area contributed by atoms with Crippen LogP contribution in [0, 0.1) is 6.92 Å². The van der Waals surface area contributed by atoms with E-state index in [2.05, 4.69) is 20.5 Å². The summed E-state index contributed by atoms with van der Waals surface area (Å²) in [7, 11) is 0. The van der Waals surface area contributed by atoms with E-state index in [4.69, 9.17) is 0 Å². The fourth-order valence-corrected chi connectivity index (χ4v) is 3.73. The van der Waals surface area contributed by atoms with Crippen molar-refractivity contribution >= 4 is 17.2 Å². The SMILES string of the molecule is Cc1cc(-c2nc(C3(NC(=O)C(F)(F)F)CCCC3)cs2)n[nH]1. The summed E-state index contributed by atoms with van der Waals surface area (Å²) >= 11 is 1.31. The highest BCUT2D eigenvalue weighted by Gasteiger charge is 2.46. The summed E-state index contributed by atoms with van der Waals surface area (Å²) in [4.78, 5) is 15.8. The number of hydrogen-bond acceptors (Lipinski definition) is 4. The van der Waals surface area contributed by atoms with Crippen LogP contribution < -0.4 is 5.32 Å². The van der Waals surface area contributed by atoms with Crippen molar-refractivity contribution in [3.63, 3.8) is 0 Å². The van der Waals surface area contributed by atoms with Gasteiger partial charge in [-0.2, -0.15) is 18.3 Å². The van der Waals surface area contributed by atoms with Gasteiger partial charge in [0.05, 0.1) is 11.2 Å². The van der Waals surface area contributed by atoms with Crippen LogP contribution in [0.5, 0.6) is 0 Å². The first-order chi connectivity index (χ1) is 10.8. The monoisotopic (exact) mass is 344 g/mol. The Hall–Kier alpha value is -1.90. The number of carbonyl (C=O) groups is 1. The molecule has 124 valence electrons. The molecule has 1 fully saturated rings. The quantitative estimate of drug-likeness (QED) is 0.898. The van der Waals surface area contributed by atoms with E-state index in [1.54, 1.807) is 5.38 Å². The molecule has 0 radical (unpaired) electrons. The van der Waals surface area contributed by atoms with E-state index in [1.807, 2.05) is 13.0 Å². The predicted molar refractivity (Wildman–Crippen MR) is 78.8 cm³/mol. The first-order valence-corrected chi connectivity index (χ1v) is 8.06. The number of aromatic amines is 1. The Kier molecular flexibility index (Phi) is 3.91. The molecule has 1 aliphatic rings. The van der Waals surface area contributed by atoms with Crippen LogP contribution in [0.3, 0.4) is 0 Å². The molecule has 0 saturated heterocycles. The molecule has 1 saturated carbocycles. The molecule has 0 atom stereocenters. The van der Waals surface area contributed by atoms with Gasteiger partial charge in [0.1, 0.15) is 10.7 Å². The summed E-state index contributed by atoms with van der Waals surface area (Å²) in [5.41, 5.74) is 0.965. The van der Waals surface area contributed by atoms with Crippen LogP contribution in [0.25, 0.3) is 10.7 Å². The highest BCUT2D eigenvalue weighted by molar-refractivity contribution is 7.13. The molecule has 0 aromatic carbocycles. The van der Waals surface area contributed by atoms with Crippen LogP contribution in [0.4, 0.5) is 13.2 Å². The van der Waals surface area contributed by atoms with Crippen LogP contribution in [0.15, 0.2) is 11.4 Å². The molecule has 0 spiro atoms. The molecule has 2 heterocycles. The van der Waals surface area contributed by atoms with Crippen molar-refractivity contribution in [1.82, 2.24) is 20.5 Å². The second-order valence-electron chi connectivity index (χ2n) is 5.72. The molecular formula is C14H15F3N4OS. The molecule has 2 aromatic heterocycles. The first-order valence-electron chi connectivity index (χ1n) is 7.18. The predicted octanol–water partition coefficient (Wildman–Crippen LogP) is 3.29. The molecule has 23 heavy (non-hydrogen) atoms. The Labute approximate surface area is 134 Å². The number of thiazole rings is 1. The zero-order valence-corrected chi connectivity index (χ0v) is 13.1. The van der Waals surface area contributed by atoms with E-state index in [0.717, 1.165) is 18.5 Å². The number of amides is 1. The van der Waals surface area contributed by atoms with Crippen LogP contribution >= 0.6 is 11.3 Å². The topological polar surface area (TPSA) is 70.7 Å². The van der Waals surface area contributed by atoms with E-state index in [1.165, 1.54) is 11.3 Å². The van der Waals surface area contributed by atoms with Gasteiger partial charge in [0.15, 0.2) is 0 Å². The largest absolute Gasteiger partial charge is 0.471 e. The number of H-pyrrole nitrogens is 1. The lowest BCUT2D eigenvalue weighted by Gasteiger charge is -2.29. The van der Waals surface area contributed by atoms with Crippen molar-refractivity contribution in [3.8, 4) is 10.7 Å². The minimum atomic E-state index is -4.90. The minimum absolute atomic E-state index is 0.456. The molecule has 1 aliphatic carbocycles. The maximum Gasteiger partial charge on any atom is 0.471 e. The standard InChI is InChI=1S/C14H15F3N4OS/c1-8-6-9(21-20-8)11-18-10(7-23-11)13(4-2-3-5-13)19-12(22)14(15,16)17/h6-7H,2-5H2,1H3,(H,19,22)(H,20,21). The van der Waals surface area contributed by atoms with Gasteiger partial charge in [-0.25, -0.2) is 4.98 Å². The van der Waals surface area contributed by atoms with E-state index < -0.39 is 17.6 Å². The number of nitrogens with zero attached hydrogens (tertiary/aromatic N) is 2. The number of aryl methyl sites for hydroxylation is 1. The van der Waals surface area contributed by atoms with Gasteiger partial charge in [-0.3, -0.25) is 9.89 Å². The lowest BCUT2D eigenvalue weighted by atomic mass is 9.94. The first kappa shape index (κ1) is 16.0. The maximum absolute atomic E-state index is 12.6. The van der Waals surface area contributed by atoms with Crippen LogP contribution in [-0.2, 0) is 10.3 Å². The van der Waals surface area contributed by atoms with Gasteiger partial charge >= 0.3 is 12.1 Å². The molecule has 0 unspecified atom stereocenters. The average Bonchev–Trinajstić information content (AvgIpc) is 3.16. The number of alkyl halides is 3. The molecular weight excluding hydrogens is 329 g/mol. The lowest BCUT2D eigenvalue weighted by Crippen LogP contribution is -2.49. The summed E-state index contributed by atoms with van der Waals surface area (Å²) in [6.07, 6.45) is -2.47. The number of aromatic nitrogens is 3. The smallest absolute Gasteiger partial charge is 0.337 e. The Morgan fingerprint density at radius 3 is 2.65 bits per heavy atom. The van der Waals surface area contributed by atoms with Crippen molar-refractivity contribution in [2.24, 2.45) is 0 Å². The molecule has 2 aromatic rings.